The number of rotatable bonds is 7. The molecule has 28 heavy (non-hydrogen) atoms. The average Bonchev–Trinajstić information content (AvgIpc) is 3.59. The number of ether oxygens (including phenoxy) is 2. The molecule has 4 aromatic rings. The van der Waals surface area contributed by atoms with Crippen LogP contribution in [0.5, 0.6) is 11.5 Å². The Morgan fingerprint density at radius 1 is 0.607 bits per heavy atom. The summed E-state index contributed by atoms with van der Waals surface area (Å²) in [6.45, 7) is 1.41. The molecule has 0 bridgehead atoms. The molecular weight excluding hydrogens is 344 g/mol. The van der Waals surface area contributed by atoms with Gasteiger partial charge in [0, 0.05) is 5.92 Å². The monoisotopic (exact) mass is 368 g/mol. The summed E-state index contributed by atoms with van der Waals surface area (Å²) in [6, 6.07) is 29.4. The summed E-state index contributed by atoms with van der Waals surface area (Å²) in [6.07, 6.45) is 2.57. The zero-order valence-electron chi connectivity index (χ0n) is 15.9. The van der Waals surface area contributed by atoms with Crippen LogP contribution < -0.4 is 9.47 Å². The second kappa shape index (κ2) is 7.55. The molecule has 5 rings (SSSR count). The quantitative estimate of drug-likeness (QED) is 0.372. The molecule has 0 aromatic heterocycles. The molecule has 1 aliphatic carbocycles. The Morgan fingerprint density at radius 3 is 1.54 bits per heavy atom. The van der Waals surface area contributed by atoms with E-state index in [9.17, 15) is 0 Å². The molecule has 0 amide bonds. The van der Waals surface area contributed by atoms with Crippen molar-refractivity contribution in [2.24, 2.45) is 11.8 Å². The lowest BCUT2D eigenvalue weighted by Crippen LogP contribution is -2.21. The maximum absolute atomic E-state index is 6.16. The molecule has 1 fully saturated rings. The fourth-order valence-electron chi connectivity index (χ4n) is 3.81. The second-order valence-electron chi connectivity index (χ2n) is 7.74. The minimum atomic E-state index is 0.429. The summed E-state index contributed by atoms with van der Waals surface area (Å²) in [4.78, 5) is 0. The summed E-state index contributed by atoms with van der Waals surface area (Å²) >= 11 is 0. The first-order valence-corrected chi connectivity index (χ1v) is 10.1. The summed E-state index contributed by atoms with van der Waals surface area (Å²) in [5.41, 5.74) is 0. The van der Waals surface area contributed by atoms with Crippen LogP contribution in [0.15, 0.2) is 84.9 Å². The van der Waals surface area contributed by atoms with Crippen LogP contribution in [-0.2, 0) is 0 Å². The Morgan fingerprint density at radius 2 is 1.07 bits per heavy atom. The molecule has 140 valence electrons. The molecule has 0 unspecified atom stereocenters. The van der Waals surface area contributed by atoms with Gasteiger partial charge in [0.05, 0.1) is 13.2 Å². The molecule has 0 saturated heterocycles. The van der Waals surface area contributed by atoms with Crippen molar-refractivity contribution in [3.63, 3.8) is 0 Å². The van der Waals surface area contributed by atoms with E-state index in [0.717, 1.165) is 17.4 Å². The fourth-order valence-corrected chi connectivity index (χ4v) is 3.81. The highest BCUT2D eigenvalue weighted by Crippen LogP contribution is 2.37. The van der Waals surface area contributed by atoms with E-state index in [1.165, 1.54) is 34.4 Å². The summed E-state index contributed by atoms with van der Waals surface area (Å²) in [5, 5.41) is 4.92. The molecule has 0 heterocycles. The normalized spacial score (nSPS) is 13.9. The minimum Gasteiger partial charge on any atom is -0.493 e. The van der Waals surface area contributed by atoms with Crippen LogP contribution in [0, 0.1) is 11.8 Å². The van der Waals surface area contributed by atoms with E-state index in [0.29, 0.717) is 19.1 Å². The maximum Gasteiger partial charge on any atom is 0.119 e. The van der Waals surface area contributed by atoms with E-state index < -0.39 is 0 Å². The van der Waals surface area contributed by atoms with Crippen LogP contribution in [0.1, 0.15) is 12.8 Å². The largest absolute Gasteiger partial charge is 0.493 e. The van der Waals surface area contributed by atoms with Gasteiger partial charge in [-0.15, -0.1) is 0 Å². The van der Waals surface area contributed by atoms with Gasteiger partial charge in [0.15, 0.2) is 0 Å². The standard InChI is InChI=1S/C26H24O2/c1-3-7-22-15-25(13-11-19(22)5-1)27-17-24(21-9-10-21)18-28-26-14-12-20-6-2-4-8-23(20)16-26/h1-8,11-16,21,24H,9-10,17-18H2. The molecule has 1 saturated carbocycles. The van der Waals surface area contributed by atoms with Crippen LogP contribution in [0.2, 0.25) is 0 Å². The van der Waals surface area contributed by atoms with Gasteiger partial charge in [-0.2, -0.15) is 0 Å². The molecule has 1 aliphatic rings. The molecule has 4 aromatic carbocycles. The number of hydrogen-bond acceptors (Lipinski definition) is 2. The molecule has 2 heteroatoms. The molecule has 0 radical (unpaired) electrons. The Labute approximate surface area is 165 Å². The van der Waals surface area contributed by atoms with Crippen LogP contribution in [0.4, 0.5) is 0 Å². The smallest absolute Gasteiger partial charge is 0.119 e. The SMILES string of the molecule is c1ccc2cc(OCC(COc3ccc4ccccc4c3)C3CC3)ccc2c1. The van der Waals surface area contributed by atoms with Gasteiger partial charge < -0.3 is 9.47 Å². The van der Waals surface area contributed by atoms with Crippen molar-refractivity contribution in [3.8, 4) is 11.5 Å². The third kappa shape index (κ3) is 3.82. The topological polar surface area (TPSA) is 18.5 Å². The summed E-state index contributed by atoms with van der Waals surface area (Å²) in [7, 11) is 0. The van der Waals surface area contributed by atoms with Gasteiger partial charge in [-0.25, -0.2) is 0 Å². The van der Waals surface area contributed by atoms with E-state index in [1.54, 1.807) is 0 Å². The molecule has 2 nitrogen and oxygen atoms in total. The van der Waals surface area contributed by atoms with E-state index in [-0.39, 0.29) is 0 Å². The lowest BCUT2D eigenvalue weighted by molar-refractivity contribution is 0.161. The maximum atomic E-state index is 6.16. The van der Waals surface area contributed by atoms with Crippen LogP contribution in [0.3, 0.4) is 0 Å². The van der Waals surface area contributed by atoms with Crippen molar-refractivity contribution in [1.82, 2.24) is 0 Å². The van der Waals surface area contributed by atoms with E-state index in [1.807, 2.05) is 0 Å². The van der Waals surface area contributed by atoms with Gasteiger partial charge >= 0.3 is 0 Å². The predicted octanol–water partition coefficient (Wildman–Crippen LogP) is 6.48. The third-order valence-corrected chi connectivity index (χ3v) is 5.66. The van der Waals surface area contributed by atoms with Crippen molar-refractivity contribution in [3.05, 3.63) is 84.9 Å². The first-order valence-electron chi connectivity index (χ1n) is 10.1. The summed E-state index contributed by atoms with van der Waals surface area (Å²) in [5.74, 6) is 3.03. The van der Waals surface area contributed by atoms with Crippen LogP contribution in [0.25, 0.3) is 21.5 Å². The van der Waals surface area contributed by atoms with Crippen LogP contribution >= 0.6 is 0 Å². The minimum absolute atomic E-state index is 0.429. The Balaban J connectivity index is 1.24. The molecule has 0 N–H and O–H groups in total. The number of benzene rings is 4. The molecular formula is C26H24O2. The van der Waals surface area contributed by atoms with E-state index >= 15 is 0 Å². The molecule has 0 atom stereocenters. The summed E-state index contributed by atoms with van der Waals surface area (Å²) < 4.78 is 12.3. The third-order valence-electron chi connectivity index (χ3n) is 5.66. The van der Waals surface area contributed by atoms with Gasteiger partial charge in [-0.05, 0) is 64.6 Å². The van der Waals surface area contributed by atoms with E-state index in [2.05, 4.69) is 84.9 Å². The van der Waals surface area contributed by atoms with Gasteiger partial charge in [-0.1, -0.05) is 60.7 Å². The highest BCUT2D eigenvalue weighted by atomic mass is 16.5. The van der Waals surface area contributed by atoms with Crippen molar-refractivity contribution < 1.29 is 9.47 Å². The van der Waals surface area contributed by atoms with Crippen molar-refractivity contribution in [2.75, 3.05) is 13.2 Å². The van der Waals surface area contributed by atoms with Crippen LogP contribution in [-0.4, -0.2) is 13.2 Å². The lowest BCUT2D eigenvalue weighted by Gasteiger charge is -2.18. The zero-order chi connectivity index (χ0) is 18.8. The van der Waals surface area contributed by atoms with Crippen molar-refractivity contribution in [2.45, 2.75) is 12.8 Å². The Bertz CT molecular complexity index is 1010. The van der Waals surface area contributed by atoms with Gasteiger partial charge in [0.25, 0.3) is 0 Å². The lowest BCUT2D eigenvalue weighted by atomic mass is 10.1. The van der Waals surface area contributed by atoms with E-state index in [4.69, 9.17) is 9.47 Å². The van der Waals surface area contributed by atoms with Gasteiger partial charge in [0.2, 0.25) is 0 Å². The zero-order valence-corrected chi connectivity index (χ0v) is 15.9. The molecule has 0 aliphatic heterocycles. The average molecular weight is 368 g/mol. The Kier molecular flexibility index (Phi) is 4.62. The predicted molar refractivity (Wildman–Crippen MR) is 115 cm³/mol. The second-order valence-corrected chi connectivity index (χ2v) is 7.74. The Hall–Kier alpha value is -3.00. The van der Waals surface area contributed by atoms with Gasteiger partial charge in [0.1, 0.15) is 11.5 Å². The molecule has 0 spiro atoms. The van der Waals surface area contributed by atoms with Gasteiger partial charge in [-0.3, -0.25) is 0 Å². The highest BCUT2D eigenvalue weighted by Gasteiger charge is 2.32. The van der Waals surface area contributed by atoms with Crippen molar-refractivity contribution in [1.29, 1.82) is 0 Å². The van der Waals surface area contributed by atoms with Crippen molar-refractivity contribution >= 4 is 21.5 Å². The highest BCUT2D eigenvalue weighted by molar-refractivity contribution is 5.84. The number of hydrogen-bond donors (Lipinski definition) is 0. The first kappa shape index (κ1) is 17.1. The fraction of sp³-hybridized carbons (Fsp3) is 0.231. The first-order chi connectivity index (χ1) is 13.8. The number of fused-ring (bicyclic) bond motifs is 2.